The first-order valence-electron chi connectivity index (χ1n) is 5.94. The normalized spacial score (nSPS) is 11.0. The quantitative estimate of drug-likeness (QED) is 0.517. The van der Waals surface area contributed by atoms with Crippen LogP contribution in [0.25, 0.3) is 22.3 Å². The summed E-state index contributed by atoms with van der Waals surface area (Å²) in [5.41, 5.74) is 2.70. The molecule has 0 saturated heterocycles. The van der Waals surface area contributed by atoms with E-state index in [1.54, 1.807) is 0 Å². The first-order chi connectivity index (χ1) is 9.54. The number of hydrogen-bond donors (Lipinski definition) is 0. The van der Waals surface area contributed by atoms with E-state index in [0.717, 1.165) is 26.5 Å². The van der Waals surface area contributed by atoms with Gasteiger partial charge in [0.15, 0.2) is 5.82 Å². The summed E-state index contributed by atoms with van der Waals surface area (Å²) in [5.74, 6) is 0.531. The molecule has 100 valence electrons. The smallest absolute Gasteiger partial charge is 0.162 e. The zero-order valence-corrected chi connectivity index (χ0v) is 13.6. The maximum absolute atomic E-state index is 6.26. The molecule has 1 heterocycles. The number of hydrogen-bond acceptors (Lipinski definition) is 2. The van der Waals surface area contributed by atoms with E-state index in [0.29, 0.717) is 16.0 Å². The van der Waals surface area contributed by atoms with Crippen LogP contribution in [0, 0.1) is 6.92 Å². The molecule has 1 aromatic heterocycles. The number of aryl methyl sites for hydroxylation is 1. The van der Waals surface area contributed by atoms with Gasteiger partial charge in [0.1, 0.15) is 5.15 Å². The zero-order valence-electron chi connectivity index (χ0n) is 10.5. The maximum Gasteiger partial charge on any atom is 0.162 e. The van der Waals surface area contributed by atoms with E-state index >= 15 is 0 Å². The lowest BCUT2D eigenvalue weighted by atomic mass is 10.1. The van der Waals surface area contributed by atoms with Crippen LogP contribution in [0.3, 0.4) is 0 Å². The van der Waals surface area contributed by atoms with Crippen LogP contribution in [0.5, 0.6) is 0 Å². The van der Waals surface area contributed by atoms with Gasteiger partial charge in [-0.1, -0.05) is 50.8 Å². The fourth-order valence-corrected chi connectivity index (χ4v) is 2.99. The van der Waals surface area contributed by atoms with Crippen molar-refractivity contribution >= 4 is 50.0 Å². The van der Waals surface area contributed by atoms with Crippen LogP contribution in [0.1, 0.15) is 5.56 Å². The van der Waals surface area contributed by atoms with Gasteiger partial charge in [0.2, 0.25) is 0 Å². The molecule has 0 aliphatic rings. The van der Waals surface area contributed by atoms with E-state index in [1.165, 1.54) is 0 Å². The molecule has 0 radical (unpaired) electrons. The van der Waals surface area contributed by atoms with Gasteiger partial charge < -0.3 is 0 Å². The van der Waals surface area contributed by atoms with E-state index in [4.69, 9.17) is 23.2 Å². The molecule has 5 heteroatoms. The highest BCUT2D eigenvalue weighted by atomic mass is 79.9. The van der Waals surface area contributed by atoms with Crippen LogP contribution in [0.2, 0.25) is 10.2 Å². The third-order valence-corrected chi connectivity index (χ3v) is 4.07. The molecule has 2 aromatic carbocycles. The molecule has 0 aliphatic carbocycles. The maximum atomic E-state index is 6.26. The lowest BCUT2D eigenvalue weighted by molar-refractivity contribution is 1.22. The predicted molar refractivity (Wildman–Crippen MR) is 87.4 cm³/mol. The van der Waals surface area contributed by atoms with Crippen LogP contribution in [-0.4, -0.2) is 9.97 Å². The van der Waals surface area contributed by atoms with Crippen molar-refractivity contribution in [2.75, 3.05) is 0 Å². The van der Waals surface area contributed by atoms with Crippen molar-refractivity contribution in [1.29, 1.82) is 0 Å². The minimum atomic E-state index is 0.438. The third kappa shape index (κ3) is 2.53. The first kappa shape index (κ1) is 13.8. The predicted octanol–water partition coefficient (Wildman–Crippen LogP) is 5.67. The van der Waals surface area contributed by atoms with Crippen molar-refractivity contribution in [3.8, 4) is 11.4 Å². The van der Waals surface area contributed by atoms with E-state index in [-0.39, 0.29) is 0 Å². The lowest BCUT2D eigenvalue weighted by Gasteiger charge is -2.07. The average Bonchev–Trinajstić information content (AvgIpc) is 2.39. The Morgan fingerprint density at radius 2 is 1.80 bits per heavy atom. The van der Waals surface area contributed by atoms with Crippen molar-refractivity contribution in [3.63, 3.8) is 0 Å². The Morgan fingerprint density at radius 1 is 1.00 bits per heavy atom. The standard InChI is InChI=1S/C15H9BrCl2N2/c1-8-2-5-13-11(6-8)14(18)20-15(19-13)10-4-3-9(16)7-12(10)17/h2-7H,1H3. The van der Waals surface area contributed by atoms with E-state index in [2.05, 4.69) is 25.9 Å². The molecule has 0 bridgehead atoms. The molecule has 0 spiro atoms. The van der Waals surface area contributed by atoms with Gasteiger partial charge in [0.25, 0.3) is 0 Å². The summed E-state index contributed by atoms with van der Waals surface area (Å²) in [7, 11) is 0. The number of halogens is 3. The molecule has 0 saturated carbocycles. The summed E-state index contributed by atoms with van der Waals surface area (Å²) in [6.07, 6.45) is 0. The zero-order chi connectivity index (χ0) is 14.3. The second kappa shape index (κ2) is 5.32. The first-order valence-corrected chi connectivity index (χ1v) is 7.49. The monoisotopic (exact) mass is 366 g/mol. The van der Waals surface area contributed by atoms with Gasteiger partial charge in [-0.05, 0) is 37.3 Å². The molecule has 0 aliphatic heterocycles. The van der Waals surface area contributed by atoms with Crippen LogP contribution in [0.15, 0.2) is 40.9 Å². The van der Waals surface area contributed by atoms with Crippen molar-refractivity contribution in [2.24, 2.45) is 0 Å². The van der Waals surface area contributed by atoms with Gasteiger partial charge in [0.05, 0.1) is 10.5 Å². The molecule has 0 atom stereocenters. The highest BCUT2D eigenvalue weighted by molar-refractivity contribution is 9.10. The Bertz CT molecular complexity index is 818. The lowest BCUT2D eigenvalue weighted by Crippen LogP contribution is -1.93. The average molecular weight is 368 g/mol. The Kier molecular flexibility index (Phi) is 3.67. The Balaban J connectivity index is 2.24. The summed E-state index contributed by atoms with van der Waals surface area (Å²) < 4.78 is 0.911. The van der Waals surface area contributed by atoms with Gasteiger partial charge in [-0.3, -0.25) is 0 Å². The van der Waals surface area contributed by atoms with Crippen molar-refractivity contribution in [1.82, 2.24) is 9.97 Å². The topological polar surface area (TPSA) is 25.8 Å². The highest BCUT2D eigenvalue weighted by Gasteiger charge is 2.11. The largest absolute Gasteiger partial charge is 0.228 e. The van der Waals surface area contributed by atoms with Crippen LogP contribution in [-0.2, 0) is 0 Å². The van der Waals surface area contributed by atoms with Gasteiger partial charge in [0, 0.05) is 15.4 Å². The molecule has 0 amide bonds. The van der Waals surface area contributed by atoms with Crippen molar-refractivity contribution < 1.29 is 0 Å². The molecular formula is C15H9BrCl2N2. The van der Waals surface area contributed by atoms with Crippen LogP contribution >= 0.6 is 39.1 Å². The summed E-state index contributed by atoms with van der Waals surface area (Å²) >= 11 is 15.9. The van der Waals surface area contributed by atoms with E-state index in [1.807, 2.05) is 43.3 Å². The number of fused-ring (bicyclic) bond motifs is 1. The molecule has 0 N–H and O–H groups in total. The molecule has 3 aromatic rings. The van der Waals surface area contributed by atoms with Gasteiger partial charge in [-0.15, -0.1) is 0 Å². The minimum absolute atomic E-state index is 0.438. The van der Waals surface area contributed by atoms with Crippen LogP contribution in [0.4, 0.5) is 0 Å². The van der Waals surface area contributed by atoms with Gasteiger partial charge >= 0.3 is 0 Å². The third-order valence-electron chi connectivity index (χ3n) is 2.98. The highest BCUT2D eigenvalue weighted by Crippen LogP contribution is 2.31. The van der Waals surface area contributed by atoms with Gasteiger partial charge in [-0.25, -0.2) is 9.97 Å². The summed E-state index contributed by atoms with van der Waals surface area (Å²) in [5, 5.41) is 1.87. The molecule has 0 fully saturated rings. The summed E-state index contributed by atoms with van der Waals surface area (Å²) in [4.78, 5) is 8.90. The van der Waals surface area contributed by atoms with Crippen molar-refractivity contribution in [3.05, 3.63) is 56.6 Å². The fraction of sp³-hybridized carbons (Fsp3) is 0.0667. The van der Waals surface area contributed by atoms with Gasteiger partial charge in [-0.2, -0.15) is 0 Å². The number of rotatable bonds is 1. The summed E-state index contributed by atoms with van der Waals surface area (Å²) in [6, 6.07) is 11.5. The van der Waals surface area contributed by atoms with E-state index in [9.17, 15) is 0 Å². The Morgan fingerprint density at radius 3 is 2.55 bits per heavy atom. The molecule has 20 heavy (non-hydrogen) atoms. The fourth-order valence-electron chi connectivity index (χ4n) is 2.00. The minimum Gasteiger partial charge on any atom is -0.228 e. The number of aromatic nitrogens is 2. The second-order valence-electron chi connectivity index (χ2n) is 4.48. The number of nitrogens with zero attached hydrogens (tertiary/aromatic N) is 2. The second-order valence-corrected chi connectivity index (χ2v) is 6.16. The number of benzene rings is 2. The Hall–Kier alpha value is -1.16. The molecule has 0 unspecified atom stereocenters. The molecule has 2 nitrogen and oxygen atoms in total. The molecule has 3 rings (SSSR count). The Labute approximate surface area is 134 Å². The van der Waals surface area contributed by atoms with E-state index < -0.39 is 0 Å². The van der Waals surface area contributed by atoms with Crippen LogP contribution < -0.4 is 0 Å². The SMILES string of the molecule is Cc1ccc2nc(-c3ccc(Br)cc3Cl)nc(Cl)c2c1. The van der Waals surface area contributed by atoms with Crippen molar-refractivity contribution in [2.45, 2.75) is 6.92 Å². The summed E-state index contributed by atoms with van der Waals surface area (Å²) in [6.45, 7) is 2.01. The molecular weight excluding hydrogens is 359 g/mol.